The van der Waals surface area contributed by atoms with Gasteiger partial charge in [0.25, 0.3) is 0 Å². The lowest BCUT2D eigenvalue weighted by atomic mass is 9.85. The van der Waals surface area contributed by atoms with Gasteiger partial charge in [0, 0.05) is 0 Å². The molecule has 3 aliphatic rings. The van der Waals surface area contributed by atoms with E-state index in [4.69, 9.17) is 0 Å². The Balaban J connectivity index is 1.51. The molecule has 0 spiro atoms. The average molecular weight is 447 g/mol. The molecular formula is C35H26. The first-order valence-corrected chi connectivity index (χ1v) is 12.9. The molecule has 0 N–H and O–H groups in total. The van der Waals surface area contributed by atoms with Crippen molar-refractivity contribution in [2.24, 2.45) is 0 Å². The van der Waals surface area contributed by atoms with Gasteiger partial charge in [0.15, 0.2) is 0 Å². The van der Waals surface area contributed by atoms with Crippen molar-refractivity contribution >= 4 is 21.9 Å². The van der Waals surface area contributed by atoms with E-state index < -0.39 is 0 Å². The van der Waals surface area contributed by atoms with Crippen LogP contribution in [0.3, 0.4) is 0 Å². The summed E-state index contributed by atoms with van der Waals surface area (Å²) in [6.07, 6.45) is 2.19. The minimum Gasteiger partial charge on any atom is -0.0616 e. The van der Waals surface area contributed by atoms with Gasteiger partial charge in [-0.2, -0.15) is 0 Å². The number of fused-ring (bicyclic) bond motifs is 6. The highest BCUT2D eigenvalue weighted by Crippen LogP contribution is 2.49. The molecule has 0 aliphatic heterocycles. The van der Waals surface area contributed by atoms with Gasteiger partial charge in [-0.15, -0.1) is 0 Å². The average Bonchev–Trinajstić information content (AvgIpc) is 3.40. The van der Waals surface area contributed by atoms with E-state index in [1.165, 1.54) is 76.9 Å². The lowest BCUT2D eigenvalue weighted by Gasteiger charge is -2.19. The minimum atomic E-state index is 0.498. The fraction of sp³-hybridized carbons (Fsp3) is 0.143. The maximum absolute atomic E-state index is 2.50. The van der Waals surface area contributed by atoms with Gasteiger partial charge >= 0.3 is 0 Å². The maximum atomic E-state index is 2.50. The van der Waals surface area contributed by atoms with Crippen molar-refractivity contribution in [3.63, 3.8) is 0 Å². The topological polar surface area (TPSA) is 0 Å². The molecule has 0 atom stereocenters. The molecule has 0 heteroatoms. The Morgan fingerprint density at radius 3 is 1.86 bits per heavy atom. The normalized spacial score (nSPS) is 14.5. The Kier molecular flexibility index (Phi) is 3.79. The monoisotopic (exact) mass is 446 g/mol. The van der Waals surface area contributed by atoms with Gasteiger partial charge in [0.05, 0.1) is 0 Å². The zero-order valence-corrected chi connectivity index (χ0v) is 20.2. The van der Waals surface area contributed by atoms with Crippen LogP contribution in [0.25, 0.3) is 55.3 Å². The quantitative estimate of drug-likeness (QED) is 0.255. The molecule has 0 heterocycles. The van der Waals surface area contributed by atoms with Crippen LogP contribution in [0.15, 0.2) is 91.0 Å². The van der Waals surface area contributed by atoms with Crippen LogP contribution in [0.5, 0.6) is 0 Å². The molecule has 0 bridgehead atoms. The second-order valence-electron chi connectivity index (χ2n) is 10.6. The fourth-order valence-corrected chi connectivity index (χ4v) is 6.88. The third-order valence-electron chi connectivity index (χ3n) is 8.49. The van der Waals surface area contributed by atoms with E-state index in [2.05, 4.69) is 105 Å². The molecule has 0 saturated heterocycles. The molecule has 0 radical (unpaired) electrons. The molecule has 0 saturated carbocycles. The van der Waals surface area contributed by atoms with E-state index in [9.17, 15) is 0 Å². The van der Waals surface area contributed by atoms with Crippen LogP contribution in [-0.2, 0) is 0 Å². The fourth-order valence-electron chi connectivity index (χ4n) is 6.88. The van der Waals surface area contributed by atoms with Crippen molar-refractivity contribution in [3.8, 4) is 33.4 Å². The number of benzene rings is 5. The molecule has 5 aromatic rings. The highest BCUT2D eigenvalue weighted by Gasteiger charge is 2.27. The third kappa shape index (κ3) is 2.47. The molecule has 0 aromatic heterocycles. The zero-order valence-electron chi connectivity index (χ0n) is 20.2. The van der Waals surface area contributed by atoms with Crippen molar-refractivity contribution in [1.82, 2.24) is 0 Å². The van der Waals surface area contributed by atoms with Crippen LogP contribution in [0.1, 0.15) is 49.3 Å². The lowest BCUT2D eigenvalue weighted by Crippen LogP contribution is -2.33. The van der Waals surface area contributed by atoms with Gasteiger partial charge in [0.2, 0.25) is 0 Å². The van der Waals surface area contributed by atoms with Crippen LogP contribution < -0.4 is 10.4 Å². The highest BCUT2D eigenvalue weighted by atomic mass is 14.3. The molecule has 5 aromatic carbocycles. The van der Waals surface area contributed by atoms with Crippen LogP contribution >= 0.6 is 0 Å². The Bertz CT molecular complexity index is 1830. The van der Waals surface area contributed by atoms with Gasteiger partial charge in [-0.25, -0.2) is 0 Å². The van der Waals surface area contributed by atoms with Crippen molar-refractivity contribution < 1.29 is 0 Å². The number of hydrogen-bond acceptors (Lipinski definition) is 0. The van der Waals surface area contributed by atoms with Crippen molar-refractivity contribution in [2.75, 3.05) is 0 Å². The Morgan fingerprint density at radius 1 is 0.514 bits per heavy atom. The maximum Gasteiger partial charge on any atom is -0.00203 e. The van der Waals surface area contributed by atoms with E-state index >= 15 is 0 Å². The molecule has 0 amide bonds. The second-order valence-corrected chi connectivity index (χ2v) is 10.6. The van der Waals surface area contributed by atoms with Crippen LogP contribution in [0, 0.1) is 0 Å². The zero-order chi connectivity index (χ0) is 23.3. The minimum absolute atomic E-state index is 0.498. The van der Waals surface area contributed by atoms with Crippen molar-refractivity contribution in [2.45, 2.75) is 32.6 Å². The first-order chi connectivity index (χ1) is 17.2. The number of hydrogen-bond donors (Lipinski definition) is 0. The smallest absolute Gasteiger partial charge is 0.00203 e. The summed E-state index contributed by atoms with van der Waals surface area (Å²) in [6, 6.07) is 34.5. The van der Waals surface area contributed by atoms with Gasteiger partial charge in [0.1, 0.15) is 0 Å². The largest absolute Gasteiger partial charge is 0.0616 e. The van der Waals surface area contributed by atoms with Crippen LogP contribution in [-0.4, -0.2) is 0 Å². The van der Waals surface area contributed by atoms with E-state index in [1.54, 1.807) is 5.57 Å². The summed E-state index contributed by atoms with van der Waals surface area (Å²) in [6.45, 7) is 4.64. The van der Waals surface area contributed by atoms with Gasteiger partial charge < -0.3 is 0 Å². The Hall–Kier alpha value is -3.90. The summed E-state index contributed by atoms with van der Waals surface area (Å²) in [5.41, 5.74) is 15.7. The first-order valence-electron chi connectivity index (χ1n) is 12.9. The van der Waals surface area contributed by atoms with E-state index in [0.29, 0.717) is 5.92 Å². The molecule has 8 rings (SSSR count). The van der Waals surface area contributed by atoms with Crippen molar-refractivity contribution in [3.05, 3.63) is 118 Å². The summed E-state index contributed by atoms with van der Waals surface area (Å²) in [4.78, 5) is 0. The standard InChI is InChI=1S/C35H26/c1-20(2)21-18-32-25-11-6-5-10-24(25)31-17-15-27(33(19-21)35(31)32)26-14-16-30-23-9-4-3-8-22(23)28-12-7-13-29(26)34(28)30/h3-14,16,18-20H,15,17H2,1-2H3. The molecule has 0 nitrogen and oxygen atoms in total. The first kappa shape index (κ1) is 19.4. The van der Waals surface area contributed by atoms with Gasteiger partial charge in [-0.1, -0.05) is 105 Å². The SMILES string of the molecule is CC(C)c1cc2c3c(c1)=C(c1ccc4c5c(cccc15)-c1ccccc1-4)CCC=3c1ccccc1-2. The molecule has 35 heavy (non-hydrogen) atoms. The molecular weight excluding hydrogens is 420 g/mol. The summed E-state index contributed by atoms with van der Waals surface area (Å²) < 4.78 is 0. The summed E-state index contributed by atoms with van der Waals surface area (Å²) in [7, 11) is 0. The summed E-state index contributed by atoms with van der Waals surface area (Å²) in [5, 5.41) is 5.77. The van der Waals surface area contributed by atoms with E-state index in [1.807, 2.05) is 0 Å². The lowest BCUT2D eigenvalue weighted by molar-refractivity contribution is 0.864. The van der Waals surface area contributed by atoms with Gasteiger partial charge in [-0.05, 0) is 101 Å². The second kappa shape index (κ2) is 6.83. The summed E-state index contributed by atoms with van der Waals surface area (Å²) >= 11 is 0. The van der Waals surface area contributed by atoms with E-state index in [-0.39, 0.29) is 0 Å². The predicted molar refractivity (Wildman–Crippen MR) is 148 cm³/mol. The Labute approximate surface area is 205 Å². The Morgan fingerprint density at radius 2 is 1.11 bits per heavy atom. The van der Waals surface area contributed by atoms with E-state index in [0.717, 1.165) is 12.8 Å². The molecule has 0 fully saturated rings. The number of rotatable bonds is 2. The summed E-state index contributed by atoms with van der Waals surface area (Å²) in [5.74, 6) is 0.498. The molecule has 0 unspecified atom stereocenters. The molecule has 166 valence electrons. The van der Waals surface area contributed by atoms with Crippen molar-refractivity contribution in [1.29, 1.82) is 0 Å². The van der Waals surface area contributed by atoms with Gasteiger partial charge in [-0.3, -0.25) is 0 Å². The highest BCUT2D eigenvalue weighted by molar-refractivity contribution is 6.17. The third-order valence-corrected chi connectivity index (χ3v) is 8.49. The van der Waals surface area contributed by atoms with Crippen LogP contribution in [0.2, 0.25) is 0 Å². The predicted octanol–water partition coefficient (Wildman–Crippen LogP) is 7.78. The molecule has 3 aliphatic carbocycles. The van der Waals surface area contributed by atoms with Crippen LogP contribution in [0.4, 0.5) is 0 Å².